The van der Waals surface area contributed by atoms with Crippen LogP contribution >= 0.6 is 11.6 Å². The molecule has 1 heterocycles. The standard InChI is InChI=1S/C13H15ClN2O2/c1-9-13(18)16(8-7-15(9)10(2)17)12-5-3-11(14)4-6-12/h3-6,9H,7-8H2,1-2H3/t9-/m0/s1. The second-order valence-electron chi connectivity index (χ2n) is 4.35. The third-order valence-corrected chi connectivity index (χ3v) is 3.45. The SMILES string of the molecule is CC(=O)N1CCN(c2ccc(Cl)cc2)C(=O)[C@@H]1C. The van der Waals surface area contributed by atoms with Crippen molar-refractivity contribution in [3.8, 4) is 0 Å². The molecule has 18 heavy (non-hydrogen) atoms. The molecule has 1 aliphatic heterocycles. The fourth-order valence-electron chi connectivity index (χ4n) is 2.18. The van der Waals surface area contributed by atoms with Crippen molar-refractivity contribution in [2.45, 2.75) is 19.9 Å². The first-order chi connectivity index (χ1) is 8.50. The van der Waals surface area contributed by atoms with Crippen LogP contribution in [-0.2, 0) is 9.59 Å². The van der Waals surface area contributed by atoms with E-state index in [-0.39, 0.29) is 11.8 Å². The molecule has 1 atom stereocenters. The van der Waals surface area contributed by atoms with Gasteiger partial charge in [0.15, 0.2) is 0 Å². The fourth-order valence-corrected chi connectivity index (χ4v) is 2.30. The monoisotopic (exact) mass is 266 g/mol. The molecule has 4 nitrogen and oxygen atoms in total. The van der Waals surface area contributed by atoms with Gasteiger partial charge in [-0.05, 0) is 31.2 Å². The fraction of sp³-hybridized carbons (Fsp3) is 0.385. The van der Waals surface area contributed by atoms with E-state index in [0.717, 1.165) is 5.69 Å². The Balaban J connectivity index is 2.20. The van der Waals surface area contributed by atoms with Crippen LogP contribution in [0.1, 0.15) is 13.8 Å². The molecule has 1 aliphatic rings. The predicted octanol–water partition coefficient (Wildman–Crippen LogP) is 1.92. The maximum atomic E-state index is 12.2. The Kier molecular flexibility index (Phi) is 3.57. The minimum absolute atomic E-state index is 0.0567. The Hall–Kier alpha value is -1.55. The number of piperazine rings is 1. The van der Waals surface area contributed by atoms with E-state index < -0.39 is 6.04 Å². The summed E-state index contributed by atoms with van der Waals surface area (Å²) in [6, 6.07) is 6.73. The van der Waals surface area contributed by atoms with E-state index >= 15 is 0 Å². The van der Waals surface area contributed by atoms with E-state index in [1.54, 1.807) is 28.9 Å². The predicted molar refractivity (Wildman–Crippen MR) is 70.7 cm³/mol. The highest BCUT2D eigenvalue weighted by Crippen LogP contribution is 2.22. The number of halogens is 1. The van der Waals surface area contributed by atoms with Crippen molar-refractivity contribution in [1.82, 2.24) is 4.90 Å². The molecular formula is C13H15ClN2O2. The summed E-state index contributed by atoms with van der Waals surface area (Å²) in [5.74, 6) is -0.120. The van der Waals surface area contributed by atoms with E-state index in [9.17, 15) is 9.59 Å². The number of carbonyl (C=O) groups is 2. The largest absolute Gasteiger partial charge is 0.329 e. The molecule has 1 fully saturated rings. The van der Waals surface area contributed by atoms with Gasteiger partial charge in [0.05, 0.1) is 0 Å². The zero-order chi connectivity index (χ0) is 13.3. The average Bonchev–Trinajstić information content (AvgIpc) is 2.33. The van der Waals surface area contributed by atoms with Gasteiger partial charge in [-0.3, -0.25) is 9.59 Å². The smallest absolute Gasteiger partial charge is 0.249 e. The third kappa shape index (κ3) is 2.34. The molecule has 0 saturated carbocycles. The van der Waals surface area contributed by atoms with Crippen LogP contribution in [0.4, 0.5) is 5.69 Å². The Bertz CT molecular complexity index is 472. The number of hydrogen-bond donors (Lipinski definition) is 0. The van der Waals surface area contributed by atoms with Gasteiger partial charge in [-0.2, -0.15) is 0 Å². The molecule has 2 rings (SSSR count). The first kappa shape index (κ1) is 12.9. The van der Waals surface area contributed by atoms with Crippen molar-refractivity contribution in [2.75, 3.05) is 18.0 Å². The highest BCUT2D eigenvalue weighted by Gasteiger charge is 2.33. The maximum absolute atomic E-state index is 12.2. The quantitative estimate of drug-likeness (QED) is 0.779. The zero-order valence-corrected chi connectivity index (χ0v) is 11.1. The molecule has 1 aromatic carbocycles. The van der Waals surface area contributed by atoms with Gasteiger partial charge in [0.1, 0.15) is 6.04 Å². The van der Waals surface area contributed by atoms with Gasteiger partial charge in [0.2, 0.25) is 11.8 Å². The summed E-state index contributed by atoms with van der Waals surface area (Å²) in [5, 5.41) is 0.640. The highest BCUT2D eigenvalue weighted by atomic mass is 35.5. The van der Waals surface area contributed by atoms with Crippen LogP contribution < -0.4 is 4.90 Å². The van der Waals surface area contributed by atoms with E-state index in [4.69, 9.17) is 11.6 Å². The van der Waals surface area contributed by atoms with Crippen molar-refractivity contribution < 1.29 is 9.59 Å². The van der Waals surface area contributed by atoms with E-state index in [0.29, 0.717) is 18.1 Å². The molecule has 1 aromatic rings. The molecular weight excluding hydrogens is 252 g/mol. The lowest BCUT2D eigenvalue weighted by molar-refractivity contribution is -0.139. The van der Waals surface area contributed by atoms with Gasteiger partial charge in [-0.1, -0.05) is 11.6 Å². The molecule has 0 radical (unpaired) electrons. The van der Waals surface area contributed by atoms with E-state index in [1.807, 2.05) is 12.1 Å². The van der Waals surface area contributed by atoms with Crippen molar-refractivity contribution in [3.05, 3.63) is 29.3 Å². The number of anilines is 1. The number of amides is 2. The topological polar surface area (TPSA) is 40.6 Å². The number of rotatable bonds is 1. The first-order valence-corrected chi connectivity index (χ1v) is 6.22. The lowest BCUT2D eigenvalue weighted by atomic mass is 10.1. The van der Waals surface area contributed by atoms with Crippen LogP contribution in [0.5, 0.6) is 0 Å². The lowest BCUT2D eigenvalue weighted by Crippen LogP contribution is -2.57. The van der Waals surface area contributed by atoms with E-state index in [1.165, 1.54) is 6.92 Å². The molecule has 2 amide bonds. The Labute approximate surface area is 111 Å². The van der Waals surface area contributed by atoms with Crippen LogP contribution in [0.25, 0.3) is 0 Å². The van der Waals surface area contributed by atoms with Crippen molar-refractivity contribution in [3.63, 3.8) is 0 Å². The Morgan fingerprint density at radius 2 is 1.89 bits per heavy atom. The molecule has 5 heteroatoms. The maximum Gasteiger partial charge on any atom is 0.249 e. The Morgan fingerprint density at radius 3 is 2.44 bits per heavy atom. The van der Waals surface area contributed by atoms with Gasteiger partial charge < -0.3 is 9.80 Å². The van der Waals surface area contributed by atoms with Crippen LogP contribution in [-0.4, -0.2) is 35.8 Å². The Morgan fingerprint density at radius 1 is 1.28 bits per heavy atom. The molecule has 96 valence electrons. The average molecular weight is 267 g/mol. The second-order valence-corrected chi connectivity index (χ2v) is 4.79. The van der Waals surface area contributed by atoms with Gasteiger partial charge in [0, 0.05) is 30.7 Å². The number of benzene rings is 1. The summed E-state index contributed by atoms with van der Waals surface area (Å²) >= 11 is 5.82. The van der Waals surface area contributed by atoms with E-state index in [2.05, 4.69) is 0 Å². The van der Waals surface area contributed by atoms with Crippen molar-refractivity contribution in [2.24, 2.45) is 0 Å². The van der Waals surface area contributed by atoms with Crippen molar-refractivity contribution >= 4 is 29.1 Å². The van der Waals surface area contributed by atoms with Gasteiger partial charge in [-0.15, -0.1) is 0 Å². The number of nitrogens with zero attached hydrogens (tertiary/aromatic N) is 2. The zero-order valence-electron chi connectivity index (χ0n) is 10.4. The summed E-state index contributed by atoms with van der Waals surface area (Å²) in [4.78, 5) is 26.9. The molecule has 0 aromatic heterocycles. The lowest BCUT2D eigenvalue weighted by Gasteiger charge is -2.38. The third-order valence-electron chi connectivity index (χ3n) is 3.20. The number of hydrogen-bond acceptors (Lipinski definition) is 2. The summed E-state index contributed by atoms with van der Waals surface area (Å²) in [6.07, 6.45) is 0. The minimum atomic E-state index is -0.410. The molecule has 0 spiro atoms. The normalized spacial score (nSPS) is 20.2. The summed E-state index contributed by atoms with van der Waals surface area (Å²) < 4.78 is 0. The van der Waals surface area contributed by atoms with Crippen LogP contribution in [0.3, 0.4) is 0 Å². The first-order valence-electron chi connectivity index (χ1n) is 5.85. The highest BCUT2D eigenvalue weighted by molar-refractivity contribution is 6.30. The molecule has 0 aliphatic carbocycles. The molecule has 0 unspecified atom stereocenters. The summed E-state index contributed by atoms with van der Waals surface area (Å²) in [5.41, 5.74) is 0.819. The van der Waals surface area contributed by atoms with Gasteiger partial charge >= 0.3 is 0 Å². The van der Waals surface area contributed by atoms with Crippen LogP contribution in [0.2, 0.25) is 5.02 Å². The van der Waals surface area contributed by atoms with Gasteiger partial charge in [-0.25, -0.2) is 0 Å². The number of carbonyl (C=O) groups excluding carboxylic acids is 2. The molecule has 0 bridgehead atoms. The van der Waals surface area contributed by atoms with Gasteiger partial charge in [0.25, 0.3) is 0 Å². The second kappa shape index (κ2) is 4.98. The van der Waals surface area contributed by atoms with Crippen molar-refractivity contribution in [1.29, 1.82) is 0 Å². The summed E-state index contributed by atoms with van der Waals surface area (Å²) in [7, 11) is 0. The molecule has 1 saturated heterocycles. The summed E-state index contributed by atoms with van der Waals surface area (Å²) in [6.45, 7) is 4.32. The van der Waals surface area contributed by atoms with Crippen LogP contribution in [0.15, 0.2) is 24.3 Å². The minimum Gasteiger partial charge on any atom is -0.329 e. The molecule has 0 N–H and O–H groups in total. The van der Waals surface area contributed by atoms with Crippen LogP contribution in [0, 0.1) is 0 Å².